The zero-order chi connectivity index (χ0) is 29.1. The largest absolute Gasteiger partial charge is 0.476 e. The predicted octanol–water partition coefficient (Wildman–Crippen LogP) is 7.72. The van der Waals surface area contributed by atoms with Gasteiger partial charge in [0.2, 0.25) is 0 Å². The first kappa shape index (κ1) is 29.4. The van der Waals surface area contributed by atoms with Crippen LogP contribution in [0, 0.1) is 13.8 Å². The second-order valence-electron chi connectivity index (χ2n) is 9.80. The van der Waals surface area contributed by atoms with Gasteiger partial charge in [-0.1, -0.05) is 24.3 Å². The smallest absolute Gasteiger partial charge is 0.416 e. The Morgan fingerprint density at radius 2 is 1.77 bits per heavy atom. The molecular weight excluding hydrogens is 541 g/mol. The van der Waals surface area contributed by atoms with Crippen LogP contribution in [0.1, 0.15) is 48.9 Å². The van der Waals surface area contributed by atoms with Crippen molar-refractivity contribution in [2.45, 2.75) is 59.5 Å². The van der Waals surface area contributed by atoms with Crippen LogP contribution in [-0.4, -0.2) is 23.2 Å². The summed E-state index contributed by atoms with van der Waals surface area (Å²) in [6.07, 6.45) is -2.76. The van der Waals surface area contributed by atoms with Gasteiger partial charge in [-0.3, -0.25) is 0 Å². The van der Waals surface area contributed by atoms with Crippen molar-refractivity contribution in [1.29, 1.82) is 0 Å². The molecule has 0 aliphatic rings. The lowest BCUT2D eigenvalue weighted by Crippen LogP contribution is -2.39. The van der Waals surface area contributed by atoms with E-state index in [0.717, 1.165) is 45.2 Å². The zero-order valence-electron chi connectivity index (χ0n) is 22.9. The second kappa shape index (κ2) is 11.9. The van der Waals surface area contributed by atoms with Crippen LogP contribution in [0.4, 0.5) is 13.2 Å². The number of esters is 1. The summed E-state index contributed by atoms with van der Waals surface area (Å²) in [6.45, 7) is 10.2. The zero-order valence-corrected chi connectivity index (χ0v) is 23.8. The maximum absolute atomic E-state index is 12.9. The van der Waals surface area contributed by atoms with Crippen LogP contribution in [0.3, 0.4) is 0 Å². The van der Waals surface area contributed by atoms with E-state index in [1.807, 2.05) is 38.1 Å². The minimum absolute atomic E-state index is 0.287. The van der Waals surface area contributed by atoms with Gasteiger partial charge in [-0.2, -0.15) is 13.2 Å². The molecule has 0 unspecified atom stereocenters. The molecule has 0 amide bonds. The van der Waals surface area contributed by atoms with Crippen LogP contribution < -0.4 is 10.1 Å². The summed E-state index contributed by atoms with van der Waals surface area (Å²) in [7, 11) is 0. The van der Waals surface area contributed by atoms with Gasteiger partial charge in [0, 0.05) is 17.7 Å². The van der Waals surface area contributed by atoms with Gasteiger partial charge in [-0.05, 0) is 70.0 Å². The van der Waals surface area contributed by atoms with Gasteiger partial charge in [0.25, 0.3) is 0 Å². The molecule has 6 nitrogen and oxygen atoms in total. The highest BCUT2D eigenvalue weighted by Gasteiger charge is 2.32. The number of benzene rings is 2. The molecule has 2 heterocycles. The third-order valence-corrected chi connectivity index (χ3v) is 7.47. The topological polar surface area (TPSA) is 73.6 Å². The highest BCUT2D eigenvalue weighted by atomic mass is 32.1. The number of aryl methyl sites for hydroxylation is 2. The van der Waals surface area contributed by atoms with Crippen LogP contribution in [0.5, 0.6) is 5.75 Å². The number of rotatable bonds is 10. The minimum Gasteiger partial charge on any atom is -0.476 e. The Kier molecular flexibility index (Phi) is 8.70. The number of alkyl halides is 3. The number of thiazole rings is 1. The van der Waals surface area contributed by atoms with Gasteiger partial charge in [0.05, 0.1) is 35.5 Å². The van der Waals surface area contributed by atoms with Crippen molar-refractivity contribution >= 4 is 17.3 Å². The number of nitrogens with one attached hydrogen (secondary N) is 1. The monoisotopic (exact) mass is 572 g/mol. The molecule has 4 rings (SSSR count). The average Bonchev–Trinajstić information content (AvgIpc) is 3.51. The van der Waals surface area contributed by atoms with E-state index in [1.54, 1.807) is 27.0 Å². The number of hydrogen-bond donors (Lipinski definition) is 1. The Morgan fingerprint density at radius 1 is 1.05 bits per heavy atom. The van der Waals surface area contributed by atoms with E-state index < -0.39 is 23.3 Å². The Bertz CT molecular complexity index is 1470. The minimum atomic E-state index is -4.38. The number of halogens is 3. The molecule has 10 heteroatoms. The molecule has 2 aromatic carbocycles. The Hall–Kier alpha value is -3.63. The fourth-order valence-electron chi connectivity index (χ4n) is 4.13. The summed E-state index contributed by atoms with van der Waals surface area (Å²) in [4.78, 5) is 17.7. The van der Waals surface area contributed by atoms with Crippen LogP contribution in [-0.2, 0) is 28.8 Å². The third-order valence-electron chi connectivity index (χ3n) is 6.23. The molecule has 2 aromatic heterocycles. The molecule has 40 heavy (non-hydrogen) atoms. The maximum Gasteiger partial charge on any atom is 0.416 e. The molecule has 0 fully saturated rings. The number of aromatic nitrogens is 1. The summed E-state index contributed by atoms with van der Waals surface area (Å²) >= 11 is 1.41. The summed E-state index contributed by atoms with van der Waals surface area (Å²) in [6, 6.07) is 12.7. The first-order valence-corrected chi connectivity index (χ1v) is 13.6. The van der Waals surface area contributed by atoms with E-state index in [4.69, 9.17) is 13.9 Å². The highest BCUT2D eigenvalue weighted by Crippen LogP contribution is 2.38. The first-order valence-electron chi connectivity index (χ1n) is 12.8. The van der Waals surface area contributed by atoms with Gasteiger partial charge in [-0.15, -0.1) is 11.3 Å². The summed E-state index contributed by atoms with van der Waals surface area (Å²) < 4.78 is 55.6. The fraction of sp³-hybridized carbons (Fsp3) is 0.333. The number of carbonyl (C=O) groups is 1. The lowest BCUT2D eigenvalue weighted by molar-refractivity contribution is -0.158. The quantitative estimate of drug-likeness (QED) is 0.196. The van der Waals surface area contributed by atoms with Gasteiger partial charge in [0.15, 0.2) is 5.60 Å². The van der Waals surface area contributed by atoms with E-state index in [0.29, 0.717) is 29.4 Å². The van der Waals surface area contributed by atoms with Gasteiger partial charge in [0.1, 0.15) is 16.5 Å². The standard InChI is InChI=1S/C30H31F3N2O4S/c1-6-37-28(36)29(4,5)39-24-12-7-20(15-18(24)2)16-34-17-25-23(13-14-38-25)26-19(3)35-27(40-26)21-8-10-22(11-9-21)30(31,32)33/h7-15,34H,6,16-17H2,1-5H3. The van der Waals surface area contributed by atoms with Crippen LogP contribution in [0.2, 0.25) is 0 Å². The van der Waals surface area contributed by atoms with Crippen molar-refractivity contribution in [3.05, 3.63) is 82.9 Å². The van der Waals surface area contributed by atoms with Crippen molar-refractivity contribution in [3.8, 4) is 26.8 Å². The SMILES string of the molecule is CCOC(=O)C(C)(C)Oc1ccc(CNCc2occc2-c2sc(-c3ccc(C(F)(F)F)cc3)nc2C)cc1C. The fourth-order valence-corrected chi connectivity index (χ4v) is 5.24. The van der Waals surface area contributed by atoms with E-state index in [1.165, 1.54) is 23.5 Å². The molecule has 1 N–H and O–H groups in total. The van der Waals surface area contributed by atoms with Crippen LogP contribution >= 0.6 is 11.3 Å². The molecule has 0 saturated heterocycles. The third kappa shape index (κ3) is 6.74. The van der Waals surface area contributed by atoms with E-state index in [2.05, 4.69) is 10.3 Å². The molecule has 0 saturated carbocycles. The number of nitrogens with zero attached hydrogens (tertiary/aromatic N) is 1. The molecule has 4 aromatic rings. The van der Waals surface area contributed by atoms with Crippen LogP contribution in [0.25, 0.3) is 21.0 Å². The van der Waals surface area contributed by atoms with Gasteiger partial charge in [-0.25, -0.2) is 9.78 Å². The van der Waals surface area contributed by atoms with Gasteiger partial charge >= 0.3 is 12.1 Å². The molecule has 0 spiro atoms. The molecule has 0 bridgehead atoms. The molecule has 0 radical (unpaired) electrons. The number of hydrogen-bond acceptors (Lipinski definition) is 7. The Morgan fingerprint density at radius 3 is 2.42 bits per heavy atom. The average molecular weight is 573 g/mol. The summed E-state index contributed by atoms with van der Waals surface area (Å²) in [5.74, 6) is 0.926. The summed E-state index contributed by atoms with van der Waals surface area (Å²) in [5.41, 5.74) is 2.44. The van der Waals surface area contributed by atoms with Crippen molar-refractivity contribution in [3.63, 3.8) is 0 Å². The van der Waals surface area contributed by atoms with Gasteiger partial charge < -0.3 is 19.2 Å². The number of furan rings is 1. The molecule has 212 valence electrons. The number of ether oxygens (including phenoxy) is 2. The normalized spacial score (nSPS) is 12.0. The first-order chi connectivity index (χ1) is 18.9. The second-order valence-corrected chi connectivity index (χ2v) is 10.8. The highest BCUT2D eigenvalue weighted by molar-refractivity contribution is 7.18. The van der Waals surface area contributed by atoms with Crippen LogP contribution in [0.15, 0.2) is 59.2 Å². The lowest BCUT2D eigenvalue weighted by atomic mass is 10.1. The molecular formula is C30H31F3N2O4S. The Balaban J connectivity index is 1.41. The maximum atomic E-state index is 12.9. The summed E-state index contributed by atoms with van der Waals surface area (Å²) in [5, 5.41) is 4.04. The van der Waals surface area contributed by atoms with Crippen molar-refractivity contribution < 1.29 is 31.9 Å². The van der Waals surface area contributed by atoms with Crippen molar-refractivity contribution in [2.24, 2.45) is 0 Å². The molecule has 0 aliphatic heterocycles. The van der Waals surface area contributed by atoms with Crippen molar-refractivity contribution in [1.82, 2.24) is 10.3 Å². The molecule has 0 atom stereocenters. The predicted molar refractivity (Wildman–Crippen MR) is 148 cm³/mol. The molecule has 0 aliphatic carbocycles. The van der Waals surface area contributed by atoms with E-state index in [9.17, 15) is 18.0 Å². The Labute approximate surface area is 235 Å². The van der Waals surface area contributed by atoms with E-state index >= 15 is 0 Å². The van der Waals surface area contributed by atoms with E-state index in [-0.39, 0.29) is 6.61 Å². The lowest BCUT2D eigenvalue weighted by Gasteiger charge is -2.25. The number of carbonyl (C=O) groups excluding carboxylic acids is 1. The van der Waals surface area contributed by atoms with Crippen molar-refractivity contribution in [2.75, 3.05) is 6.61 Å².